The quantitative estimate of drug-likeness (QED) is 0.270. The van der Waals surface area contributed by atoms with E-state index in [0.29, 0.717) is 40.9 Å². The highest BCUT2D eigenvalue weighted by Gasteiger charge is 2.34. The van der Waals surface area contributed by atoms with Gasteiger partial charge in [-0.15, -0.1) is 0 Å². The number of methoxy groups -OCH3 is 2. The number of phenolic OH excluding ortho intramolecular Hbond substituents is 2. The van der Waals surface area contributed by atoms with Crippen LogP contribution in [0.4, 0.5) is 0 Å². The highest BCUT2D eigenvalue weighted by Crippen LogP contribution is 2.51. The Hall–Kier alpha value is -4.40. The van der Waals surface area contributed by atoms with Crippen LogP contribution in [0.3, 0.4) is 0 Å². The van der Waals surface area contributed by atoms with Gasteiger partial charge in [-0.3, -0.25) is 4.90 Å². The molecule has 44 heavy (non-hydrogen) atoms. The highest BCUT2D eigenvalue weighted by molar-refractivity contribution is 5.63. The van der Waals surface area contributed by atoms with Gasteiger partial charge >= 0.3 is 0 Å². The molecule has 0 fully saturated rings. The average molecular weight is 595 g/mol. The molecule has 6 aliphatic heterocycles. The van der Waals surface area contributed by atoms with E-state index in [4.69, 9.17) is 18.9 Å². The summed E-state index contributed by atoms with van der Waals surface area (Å²) >= 11 is 0. The van der Waals surface area contributed by atoms with Crippen LogP contribution in [0.2, 0.25) is 0 Å². The zero-order valence-electron chi connectivity index (χ0n) is 25.6. The second-order valence-electron chi connectivity index (χ2n) is 12.2. The first-order valence-electron chi connectivity index (χ1n) is 15.1. The number of nitrogens with zero attached hydrogens (tertiary/aromatic N) is 2. The number of ether oxygens (including phenoxy) is 4. The van der Waals surface area contributed by atoms with Crippen LogP contribution >= 0.6 is 0 Å². The molecule has 8 heteroatoms. The number of hydrogen-bond acceptors (Lipinski definition) is 8. The van der Waals surface area contributed by atoms with Crippen molar-refractivity contribution in [2.24, 2.45) is 0 Å². The maximum absolute atomic E-state index is 11.3. The van der Waals surface area contributed by atoms with Crippen molar-refractivity contribution >= 4 is 0 Å². The number of likely N-dealkylation sites (N-methyl/N-ethyl adjacent to an activating group) is 2. The molecule has 6 heterocycles. The van der Waals surface area contributed by atoms with Crippen molar-refractivity contribution in [2.75, 3.05) is 41.4 Å². The second-order valence-corrected chi connectivity index (χ2v) is 12.2. The van der Waals surface area contributed by atoms with Crippen molar-refractivity contribution in [3.63, 3.8) is 0 Å². The number of aromatic hydroxyl groups is 2. The van der Waals surface area contributed by atoms with Gasteiger partial charge in [0, 0.05) is 42.7 Å². The Balaban J connectivity index is 1.39. The molecule has 4 aromatic carbocycles. The van der Waals surface area contributed by atoms with Crippen LogP contribution < -0.4 is 18.9 Å². The Bertz CT molecular complexity index is 1700. The lowest BCUT2D eigenvalue weighted by Crippen LogP contribution is -2.33. The van der Waals surface area contributed by atoms with Gasteiger partial charge in [0.25, 0.3) is 0 Å². The van der Waals surface area contributed by atoms with Crippen LogP contribution in [-0.4, -0.2) is 61.4 Å². The summed E-state index contributed by atoms with van der Waals surface area (Å²) in [5.41, 5.74) is 6.43. The fraction of sp³-hybridized carbons (Fsp3) is 0.333. The molecule has 0 aliphatic carbocycles. The Labute approximate surface area is 258 Å². The fourth-order valence-electron chi connectivity index (χ4n) is 7.10. The molecule has 0 unspecified atom stereocenters. The molecule has 0 radical (unpaired) electrons. The average Bonchev–Trinajstić information content (AvgIpc) is 3.02. The molecule has 2 N–H and O–H groups in total. The van der Waals surface area contributed by atoms with Gasteiger partial charge < -0.3 is 34.1 Å². The van der Waals surface area contributed by atoms with E-state index in [9.17, 15) is 10.2 Å². The van der Waals surface area contributed by atoms with Crippen LogP contribution in [0.15, 0.2) is 60.7 Å². The van der Waals surface area contributed by atoms with E-state index in [1.807, 2.05) is 36.4 Å². The van der Waals surface area contributed by atoms with Crippen molar-refractivity contribution < 1.29 is 29.2 Å². The van der Waals surface area contributed by atoms with Gasteiger partial charge in [0.05, 0.1) is 14.2 Å². The molecule has 10 rings (SSSR count). The zero-order chi connectivity index (χ0) is 30.5. The zero-order valence-corrected chi connectivity index (χ0v) is 25.6. The molecule has 6 aliphatic rings. The lowest BCUT2D eigenvalue weighted by atomic mass is 9.84. The normalized spacial score (nSPS) is 19.6. The number of hydrogen-bond donors (Lipinski definition) is 2. The molecule has 8 nitrogen and oxygen atoms in total. The summed E-state index contributed by atoms with van der Waals surface area (Å²) in [7, 11) is 7.36. The summed E-state index contributed by atoms with van der Waals surface area (Å²) in [6.45, 7) is 2.41. The minimum absolute atomic E-state index is 0.0124. The van der Waals surface area contributed by atoms with E-state index in [0.717, 1.165) is 65.9 Å². The molecule has 0 spiro atoms. The maximum Gasteiger partial charge on any atom is 0.201 e. The van der Waals surface area contributed by atoms with Crippen molar-refractivity contribution in [1.29, 1.82) is 0 Å². The summed E-state index contributed by atoms with van der Waals surface area (Å²) in [4.78, 5) is 4.60. The minimum Gasteiger partial charge on any atom is -0.502 e. The Morgan fingerprint density at radius 2 is 1.27 bits per heavy atom. The van der Waals surface area contributed by atoms with Crippen LogP contribution in [0.25, 0.3) is 0 Å². The van der Waals surface area contributed by atoms with Crippen molar-refractivity contribution in [2.45, 2.75) is 37.8 Å². The van der Waals surface area contributed by atoms with Crippen molar-refractivity contribution in [3.05, 3.63) is 94.0 Å². The first-order chi connectivity index (χ1) is 21.3. The van der Waals surface area contributed by atoms with E-state index in [1.165, 1.54) is 0 Å². The third kappa shape index (κ3) is 4.98. The molecular weight excluding hydrogens is 556 g/mol. The molecular formula is C36H38N2O6. The molecule has 228 valence electrons. The Morgan fingerprint density at radius 1 is 0.727 bits per heavy atom. The van der Waals surface area contributed by atoms with E-state index in [-0.39, 0.29) is 23.5 Å². The van der Waals surface area contributed by atoms with E-state index < -0.39 is 0 Å². The Kier molecular flexibility index (Phi) is 7.26. The van der Waals surface area contributed by atoms with Gasteiger partial charge in [-0.1, -0.05) is 24.3 Å². The predicted octanol–water partition coefficient (Wildman–Crippen LogP) is 6.56. The van der Waals surface area contributed by atoms with E-state index >= 15 is 0 Å². The van der Waals surface area contributed by atoms with E-state index in [2.05, 4.69) is 48.2 Å². The van der Waals surface area contributed by atoms with Crippen molar-refractivity contribution in [1.82, 2.24) is 9.80 Å². The molecule has 0 aromatic heterocycles. The molecule has 4 bridgehead atoms. The van der Waals surface area contributed by atoms with Gasteiger partial charge in [0.2, 0.25) is 11.5 Å². The van der Waals surface area contributed by atoms with Gasteiger partial charge in [0.1, 0.15) is 11.5 Å². The van der Waals surface area contributed by atoms with Gasteiger partial charge in [-0.2, -0.15) is 0 Å². The monoisotopic (exact) mass is 594 g/mol. The summed E-state index contributed by atoms with van der Waals surface area (Å²) in [5.74, 6) is 3.12. The third-order valence-electron chi connectivity index (χ3n) is 9.31. The third-order valence-corrected chi connectivity index (χ3v) is 9.31. The first-order valence-corrected chi connectivity index (χ1v) is 15.1. The maximum atomic E-state index is 11.3. The number of rotatable bonds is 2. The SMILES string of the molecule is COc1cc2c3c(c1O)Oc1ccc(cc1)C[C@@H]1c4c(cc(OC)c(O)c4Oc4ccc(cc4)C[C@H]3CN(C)C2)CCN1C. The van der Waals surface area contributed by atoms with Crippen LogP contribution in [0.5, 0.6) is 46.0 Å². The smallest absolute Gasteiger partial charge is 0.201 e. The lowest BCUT2D eigenvalue weighted by molar-refractivity contribution is 0.222. The fourth-order valence-corrected chi connectivity index (χ4v) is 7.10. The highest BCUT2D eigenvalue weighted by atomic mass is 16.5. The van der Waals surface area contributed by atoms with Gasteiger partial charge in [0.15, 0.2) is 23.0 Å². The molecule has 0 saturated carbocycles. The largest absolute Gasteiger partial charge is 0.502 e. The Morgan fingerprint density at radius 3 is 1.86 bits per heavy atom. The van der Waals surface area contributed by atoms with Crippen LogP contribution in [-0.2, 0) is 25.8 Å². The van der Waals surface area contributed by atoms with Gasteiger partial charge in [-0.25, -0.2) is 0 Å². The van der Waals surface area contributed by atoms with Crippen molar-refractivity contribution in [3.8, 4) is 46.0 Å². The summed E-state index contributed by atoms with van der Waals surface area (Å²) in [6, 6.07) is 20.0. The summed E-state index contributed by atoms with van der Waals surface area (Å²) in [6.07, 6.45) is 2.27. The summed E-state index contributed by atoms with van der Waals surface area (Å²) < 4.78 is 24.2. The number of phenols is 2. The van der Waals surface area contributed by atoms with Crippen LogP contribution in [0, 0.1) is 0 Å². The minimum atomic E-state index is -0.0253. The predicted molar refractivity (Wildman–Crippen MR) is 168 cm³/mol. The molecule has 2 atom stereocenters. The lowest BCUT2D eigenvalue weighted by Gasteiger charge is -2.36. The topological polar surface area (TPSA) is 83.9 Å². The van der Waals surface area contributed by atoms with Crippen LogP contribution in [0.1, 0.15) is 45.3 Å². The molecule has 0 amide bonds. The van der Waals surface area contributed by atoms with Gasteiger partial charge in [-0.05, 0) is 92.0 Å². The second kappa shape index (κ2) is 11.3. The number of benzene rings is 4. The first kappa shape index (κ1) is 28.4. The van der Waals surface area contributed by atoms with E-state index in [1.54, 1.807) is 14.2 Å². The standard InChI is InChI=1S/C36H38N2O6/c1-37-19-24-15-21-5-9-27(10-6-21)44-36-32-23(17-29(41-3)34(36)40)13-14-38(2)28(32)16-22-7-11-26(12-8-22)43-35-31(24)25(20-37)18-30(42-4)33(35)39/h5-12,17-18,24,28,39-40H,13-16,19-20H2,1-4H3/t24-,28+/m0/s1. The molecule has 4 aromatic rings. The molecule has 0 saturated heterocycles. The summed E-state index contributed by atoms with van der Waals surface area (Å²) in [5, 5.41) is 22.7.